The number of nitrogens with one attached hydrogen (secondary N) is 1. The Morgan fingerprint density at radius 3 is 2.36 bits per heavy atom. The van der Waals surface area contributed by atoms with Crippen LogP contribution in [0.25, 0.3) is 0 Å². The second-order valence-electron chi connectivity index (χ2n) is 5.31. The van der Waals surface area contributed by atoms with Gasteiger partial charge >= 0.3 is 0 Å². The summed E-state index contributed by atoms with van der Waals surface area (Å²) in [6.07, 6.45) is 0.0428. The van der Waals surface area contributed by atoms with Gasteiger partial charge in [-0.25, -0.2) is 0 Å². The van der Waals surface area contributed by atoms with E-state index in [0.29, 0.717) is 22.6 Å². The van der Waals surface area contributed by atoms with Crippen LogP contribution in [0.5, 0.6) is 0 Å². The van der Waals surface area contributed by atoms with Gasteiger partial charge in [-0.2, -0.15) is 0 Å². The van der Waals surface area contributed by atoms with E-state index in [1.165, 1.54) is 5.56 Å². The fourth-order valence-corrected chi connectivity index (χ4v) is 2.79. The second-order valence-corrected chi connectivity index (χ2v) is 6.12. The Kier molecular flexibility index (Phi) is 6.54. The molecule has 2 aromatic carbocycles. The third-order valence-electron chi connectivity index (χ3n) is 3.79. The average molecular weight is 359 g/mol. The summed E-state index contributed by atoms with van der Waals surface area (Å²) in [5, 5.41) is 4.45. The van der Waals surface area contributed by atoms with Crippen LogP contribution in [0.4, 0.5) is 0 Å². The standard InChI is InChI=1S/C17H17Cl2NO.ClH/c18-15-7-6-13(8-16(15)19)17(14-9-20-10-14)21-11-12-4-2-1-3-5-12;/h1-8,14,17,20H,9-11H2;1H. The molecule has 118 valence electrons. The highest BCUT2D eigenvalue weighted by Gasteiger charge is 2.29. The Morgan fingerprint density at radius 2 is 1.77 bits per heavy atom. The molecule has 1 saturated heterocycles. The van der Waals surface area contributed by atoms with E-state index in [9.17, 15) is 0 Å². The zero-order valence-electron chi connectivity index (χ0n) is 12.0. The van der Waals surface area contributed by atoms with E-state index in [0.717, 1.165) is 18.7 Å². The molecule has 1 fully saturated rings. The molecule has 1 unspecified atom stereocenters. The highest BCUT2D eigenvalue weighted by molar-refractivity contribution is 6.42. The first-order valence-corrected chi connectivity index (χ1v) is 7.81. The number of hydrogen-bond donors (Lipinski definition) is 1. The van der Waals surface area contributed by atoms with E-state index < -0.39 is 0 Å². The quantitative estimate of drug-likeness (QED) is 0.821. The van der Waals surface area contributed by atoms with E-state index in [1.807, 2.05) is 36.4 Å². The number of hydrogen-bond acceptors (Lipinski definition) is 2. The predicted molar refractivity (Wildman–Crippen MR) is 94.0 cm³/mol. The van der Waals surface area contributed by atoms with Gasteiger partial charge < -0.3 is 10.1 Å². The van der Waals surface area contributed by atoms with Gasteiger partial charge in [0.2, 0.25) is 0 Å². The highest BCUT2D eigenvalue weighted by atomic mass is 35.5. The van der Waals surface area contributed by atoms with Gasteiger partial charge in [-0.1, -0.05) is 59.6 Å². The summed E-state index contributed by atoms with van der Waals surface area (Å²) >= 11 is 12.1. The van der Waals surface area contributed by atoms with Crippen molar-refractivity contribution in [3.05, 3.63) is 69.7 Å². The van der Waals surface area contributed by atoms with Crippen molar-refractivity contribution in [2.45, 2.75) is 12.7 Å². The molecule has 0 aliphatic carbocycles. The van der Waals surface area contributed by atoms with Gasteiger partial charge in [0.1, 0.15) is 0 Å². The van der Waals surface area contributed by atoms with E-state index in [-0.39, 0.29) is 18.5 Å². The maximum Gasteiger partial charge on any atom is 0.0882 e. The number of benzene rings is 2. The lowest BCUT2D eigenvalue weighted by atomic mass is 9.91. The molecular weight excluding hydrogens is 341 g/mol. The van der Waals surface area contributed by atoms with Crippen LogP contribution in [0.15, 0.2) is 48.5 Å². The maximum absolute atomic E-state index is 6.17. The van der Waals surface area contributed by atoms with E-state index in [1.54, 1.807) is 0 Å². The molecule has 0 radical (unpaired) electrons. The fourth-order valence-electron chi connectivity index (χ4n) is 2.48. The van der Waals surface area contributed by atoms with Crippen molar-refractivity contribution >= 4 is 35.6 Å². The Balaban J connectivity index is 0.00000176. The maximum atomic E-state index is 6.17. The number of ether oxygens (including phenoxy) is 1. The molecule has 1 aliphatic rings. The van der Waals surface area contributed by atoms with Crippen LogP contribution in [0.3, 0.4) is 0 Å². The van der Waals surface area contributed by atoms with Crippen LogP contribution < -0.4 is 5.32 Å². The van der Waals surface area contributed by atoms with Crippen molar-refractivity contribution < 1.29 is 4.74 Å². The van der Waals surface area contributed by atoms with Gasteiger partial charge in [-0.05, 0) is 23.3 Å². The minimum Gasteiger partial charge on any atom is -0.368 e. The number of halogens is 3. The minimum atomic E-state index is 0. The van der Waals surface area contributed by atoms with Crippen molar-refractivity contribution in [2.24, 2.45) is 5.92 Å². The molecule has 2 aromatic rings. The van der Waals surface area contributed by atoms with Crippen molar-refractivity contribution in [2.75, 3.05) is 13.1 Å². The highest BCUT2D eigenvalue weighted by Crippen LogP contribution is 2.33. The Morgan fingerprint density at radius 1 is 1.05 bits per heavy atom. The first kappa shape index (κ1) is 17.6. The SMILES string of the molecule is Cl.Clc1ccc(C(OCc2ccccc2)C2CNC2)cc1Cl. The predicted octanol–water partition coefficient (Wildman–Crippen LogP) is 4.89. The summed E-state index contributed by atoms with van der Waals surface area (Å²) in [4.78, 5) is 0. The zero-order valence-corrected chi connectivity index (χ0v) is 14.3. The molecule has 2 nitrogen and oxygen atoms in total. The van der Waals surface area contributed by atoms with Gasteiger partial charge in [0.25, 0.3) is 0 Å². The minimum absolute atomic E-state index is 0. The summed E-state index contributed by atoms with van der Waals surface area (Å²) in [5.74, 6) is 0.478. The largest absolute Gasteiger partial charge is 0.368 e. The van der Waals surface area contributed by atoms with Crippen LogP contribution in [0, 0.1) is 5.92 Å². The van der Waals surface area contributed by atoms with Crippen molar-refractivity contribution in [3.8, 4) is 0 Å². The molecule has 1 aliphatic heterocycles. The lowest BCUT2D eigenvalue weighted by molar-refractivity contribution is -0.0170. The van der Waals surface area contributed by atoms with Crippen LogP contribution in [0.2, 0.25) is 10.0 Å². The summed E-state index contributed by atoms with van der Waals surface area (Å²) in [6.45, 7) is 2.54. The molecule has 0 bridgehead atoms. The molecule has 3 rings (SSSR count). The summed E-state index contributed by atoms with van der Waals surface area (Å²) < 4.78 is 6.17. The molecule has 1 heterocycles. The molecular formula is C17H18Cl3NO. The third kappa shape index (κ3) is 4.15. The van der Waals surface area contributed by atoms with Crippen LogP contribution in [-0.4, -0.2) is 13.1 Å². The zero-order chi connectivity index (χ0) is 14.7. The fraction of sp³-hybridized carbons (Fsp3) is 0.294. The summed E-state index contributed by atoms with van der Waals surface area (Å²) in [6, 6.07) is 16.0. The smallest absolute Gasteiger partial charge is 0.0882 e. The van der Waals surface area contributed by atoms with Crippen molar-refractivity contribution in [1.82, 2.24) is 5.32 Å². The Hall–Kier alpha value is -0.770. The lowest BCUT2D eigenvalue weighted by Gasteiger charge is -2.35. The van der Waals surface area contributed by atoms with Gasteiger partial charge in [-0.3, -0.25) is 0 Å². The monoisotopic (exact) mass is 357 g/mol. The average Bonchev–Trinajstić information content (AvgIpc) is 2.45. The normalized spacial score (nSPS) is 15.7. The van der Waals surface area contributed by atoms with E-state index in [4.69, 9.17) is 27.9 Å². The molecule has 5 heteroatoms. The Labute approximate surface area is 147 Å². The van der Waals surface area contributed by atoms with Crippen LogP contribution >= 0.6 is 35.6 Å². The van der Waals surface area contributed by atoms with Crippen LogP contribution in [0.1, 0.15) is 17.2 Å². The second kappa shape index (κ2) is 8.19. The molecule has 1 N–H and O–H groups in total. The van der Waals surface area contributed by atoms with E-state index >= 15 is 0 Å². The molecule has 22 heavy (non-hydrogen) atoms. The van der Waals surface area contributed by atoms with E-state index in [2.05, 4.69) is 17.4 Å². The molecule has 0 amide bonds. The molecule has 0 spiro atoms. The lowest BCUT2D eigenvalue weighted by Crippen LogP contribution is -2.45. The Bertz CT molecular complexity index is 602. The first-order chi connectivity index (χ1) is 10.2. The third-order valence-corrected chi connectivity index (χ3v) is 4.52. The summed E-state index contributed by atoms with van der Waals surface area (Å²) in [5.41, 5.74) is 2.27. The first-order valence-electron chi connectivity index (χ1n) is 7.05. The molecule has 0 aromatic heterocycles. The van der Waals surface area contributed by atoms with Gasteiger partial charge in [0.15, 0.2) is 0 Å². The van der Waals surface area contributed by atoms with Gasteiger partial charge in [0.05, 0.1) is 22.8 Å². The van der Waals surface area contributed by atoms with Gasteiger partial charge in [0, 0.05) is 19.0 Å². The van der Waals surface area contributed by atoms with Crippen molar-refractivity contribution in [3.63, 3.8) is 0 Å². The molecule has 0 saturated carbocycles. The number of rotatable bonds is 5. The van der Waals surface area contributed by atoms with Crippen LogP contribution in [-0.2, 0) is 11.3 Å². The molecule has 1 atom stereocenters. The summed E-state index contributed by atoms with van der Waals surface area (Å²) in [7, 11) is 0. The van der Waals surface area contributed by atoms with Crippen molar-refractivity contribution in [1.29, 1.82) is 0 Å². The van der Waals surface area contributed by atoms with Gasteiger partial charge in [-0.15, -0.1) is 12.4 Å². The topological polar surface area (TPSA) is 21.3 Å².